The van der Waals surface area contributed by atoms with Crippen molar-refractivity contribution in [2.75, 3.05) is 11.4 Å². The Morgan fingerprint density at radius 1 is 0.933 bits per heavy atom. The number of alkyl halides is 4. The van der Waals surface area contributed by atoms with Gasteiger partial charge in [-0.25, -0.2) is 4.39 Å². The molecule has 0 atom stereocenters. The van der Waals surface area contributed by atoms with Crippen LogP contribution in [0.4, 0.5) is 23.2 Å². The van der Waals surface area contributed by atoms with Gasteiger partial charge in [0.15, 0.2) is 11.5 Å². The van der Waals surface area contributed by atoms with E-state index in [4.69, 9.17) is 4.52 Å². The summed E-state index contributed by atoms with van der Waals surface area (Å²) in [5.74, 6) is -1.85. The zero-order valence-corrected chi connectivity index (χ0v) is 26.3. The lowest BCUT2D eigenvalue weighted by Crippen LogP contribution is -2.53. The summed E-state index contributed by atoms with van der Waals surface area (Å²) in [6, 6.07) is 15.2. The molecule has 1 aromatic heterocycles. The summed E-state index contributed by atoms with van der Waals surface area (Å²) in [5, 5.41) is 14.5. The van der Waals surface area contributed by atoms with Gasteiger partial charge in [-0.3, -0.25) is 4.79 Å². The predicted octanol–water partition coefficient (Wildman–Crippen LogP) is 8.38. The molecule has 0 radical (unpaired) electrons. The molecule has 1 heterocycles. The molecule has 0 spiro atoms. The second kappa shape index (κ2) is 10.9. The van der Waals surface area contributed by atoms with Crippen LogP contribution < -0.4 is 4.90 Å². The van der Waals surface area contributed by atoms with E-state index in [1.807, 2.05) is 48.5 Å². The Morgan fingerprint density at radius 2 is 1.56 bits per heavy atom. The molecule has 2 aromatic carbocycles. The van der Waals surface area contributed by atoms with E-state index in [2.05, 4.69) is 10.1 Å². The van der Waals surface area contributed by atoms with E-state index in [1.54, 1.807) is 18.7 Å². The number of anilines is 1. The topological polar surface area (TPSA) is 79.5 Å². The van der Waals surface area contributed by atoms with Crippen molar-refractivity contribution in [3.8, 4) is 11.1 Å². The van der Waals surface area contributed by atoms with Crippen LogP contribution in [0.1, 0.15) is 96.3 Å². The molecule has 10 heteroatoms. The van der Waals surface area contributed by atoms with Gasteiger partial charge in [0.2, 0.25) is 5.91 Å². The minimum atomic E-state index is -4.29. The second-order valence-electron chi connectivity index (χ2n) is 14.7. The number of carbonyl (C=O) groups excluding carboxylic acids is 1. The maximum Gasteiger partial charge on any atom is 0.391 e. The smallest absolute Gasteiger partial charge is 0.386 e. The van der Waals surface area contributed by atoms with Gasteiger partial charge in [0.05, 0.1) is 11.5 Å². The van der Waals surface area contributed by atoms with Crippen LogP contribution in [0.5, 0.6) is 0 Å². The minimum absolute atomic E-state index is 0.0293. The largest absolute Gasteiger partial charge is 0.391 e. The molecule has 3 aromatic rings. The molecule has 6 nitrogen and oxygen atoms in total. The molecule has 0 saturated heterocycles. The van der Waals surface area contributed by atoms with E-state index in [0.717, 1.165) is 55.2 Å². The fourth-order valence-corrected chi connectivity index (χ4v) is 7.38. The number of fused-ring (bicyclic) bond motifs is 3. The molecule has 1 N–H and O–H groups in total. The molecule has 4 aliphatic carbocycles. The number of carbonyl (C=O) groups is 1. The van der Waals surface area contributed by atoms with Crippen LogP contribution in [0.25, 0.3) is 11.1 Å². The van der Waals surface area contributed by atoms with Gasteiger partial charge in [0, 0.05) is 23.6 Å². The van der Waals surface area contributed by atoms with Crippen molar-refractivity contribution < 1.29 is 32.0 Å². The summed E-state index contributed by atoms with van der Waals surface area (Å²) in [7, 11) is 0. The fraction of sp³-hybridized carbons (Fsp3) is 0.571. The predicted molar refractivity (Wildman–Crippen MR) is 162 cm³/mol. The molecule has 0 unspecified atom stereocenters. The number of hydrogen-bond acceptors (Lipinski definition) is 5. The Bertz CT molecular complexity index is 1520. The third kappa shape index (κ3) is 6.14. The first-order chi connectivity index (χ1) is 21.0. The van der Waals surface area contributed by atoms with E-state index < -0.39 is 29.3 Å². The van der Waals surface area contributed by atoms with Gasteiger partial charge in [-0.05, 0) is 113 Å². The van der Waals surface area contributed by atoms with Crippen molar-refractivity contribution in [1.29, 1.82) is 0 Å². The first-order valence-electron chi connectivity index (χ1n) is 15.8. The molecule has 45 heavy (non-hydrogen) atoms. The highest BCUT2D eigenvalue weighted by Crippen LogP contribution is 2.58. The fourth-order valence-electron chi connectivity index (χ4n) is 7.38. The number of nitrogens with zero attached hydrogens (tertiary/aromatic N) is 3. The SMILES string of the molecule is CC(C)(O)c1ccc(-c2cccc(N(CC34CCC(c5noc(C(C)(C)F)n5)(CC3)CC4)C(=O)[C@H]3C[C@H](C(F)(F)F)C3)c2)cc1. The summed E-state index contributed by atoms with van der Waals surface area (Å²) in [4.78, 5) is 20.2. The molecule has 7 rings (SSSR count). The number of hydrogen-bond donors (Lipinski definition) is 1. The average molecular weight is 628 g/mol. The Morgan fingerprint density at radius 3 is 2.09 bits per heavy atom. The highest BCUT2D eigenvalue weighted by molar-refractivity contribution is 5.96. The number of aliphatic hydroxyl groups is 1. The average Bonchev–Trinajstić information content (AvgIpc) is 3.48. The van der Waals surface area contributed by atoms with Crippen molar-refractivity contribution in [1.82, 2.24) is 10.1 Å². The molecule has 1 amide bonds. The quantitative estimate of drug-likeness (QED) is 0.254. The summed E-state index contributed by atoms with van der Waals surface area (Å²) >= 11 is 0. The molecule has 0 aliphatic heterocycles. The van der Waals surface area contributed by atoms with Crippen molar-refractivity contribution in [3.05, 3.63) is 65.8 Å². The molecule has 242 valence electrons. The highest BCUT2D eigenvalue weighted by atomic mass is 19.4. The zero-order valence-electron chi connectivity index (χ0n) is 26.3. The van der Waals surface area contributed by atoms with Crippen LogP contribution in [-0.4, -0.2) is 33.9 Å². The lowest BCUT2D eigenvalue weighted by molar-refractivity contribution is -0.204. The second-order valence-corrected chi connectivity index (χ2v) is 14.7. The van der Waals surface area contributed by atoms with Gasteiger partial charge in [-0.2, -0.15) is 18.2 Å². The summed E-state index contributed by atoms with van der Waals surface area (Å²) < 4.78 is 59.8. The molecular weight excluding hydrogens is 586 g/mol. The number of halogens is 4. The van der Waals surface area contributed by atoms with Gasteiger partial charge in [-0.15, -0.1) is 0 Å². The van der Waals surface area contributed by atoms with Crippen LogP contribution in [0.15, 0.2) is 53.1 Å². The van der Waals surface area contributed by atoms with Crippen LogP contribution in [0.2, 0.25) is 0 Å². The first-order valence-corrected chi connectivity index (χ1v) is 15.8. The first kappa shape index (κ1) is 31.7. The van der Waals surface area contributed by atoms with Crippen LogP contribution in [0.3, 0.4) is 0 Å². The van der Waals surface area contributed by atoms with Crippen molar-refractivity contribution in [2.45, 2.75) is 102 Å². The third-order valence-corrected chi connectivity index (χ3v) is 10.6. The summed E-state index contributed by atoms with van der Waals surface area (Å²) in [5.41, 5.74) is 0.0344. The Balaban J connectivity index is 1.26. The van der Waals surface area contributed by atoms with Gasteiger partial charge in [-0.1, -0.05) is 41.6 Å². The van der Waals surface area contributed by atoms with Crippen LogP contribution >= 0.6 is 0 Å². The summed E-state index contributed by atoms with van der Waals surface area (Å²) in [6.45, 7) is 6.64. The zero-order chi connectivity index (χ0) is 32.4. The number of rotatable bonds is 8. The molecule has 4 fully saturated rings. The standard InChI is InChI=1S/C35H41F4N3O3/c1-31(2,36)30-40-29(41-45-30)34-15-12-33(13-16-34,14-17-34)21-42(28(43)24-18-26(19-24)35(37,38)39)27-7-5-6-23(20-27)22-8-10-25(11-9-22)32(3,4)44/h5-11,20,24,26,44H,12-19,21H2,1-4H3/t24-,26-,33?,34?. The Hall–Kier alpha value is -3.27. The summed E-state index contributed by atoms with van der Waals surface area (Å²) in [6.07, 6.45) is 0.0543. The van der Waals surface area contributed by atoms with Crippen LogP contribution in [0, 0.1) is 17.3 Å². The van der Waals surface area contributed by atoms with Crippen molar-refractivity contribution in [2.24, 2.45) is 17.3 Å². The lowest BCUT2D eigenvalue weighted by Gasteiger charge is -2.53. The highest BCUT2D eigenvalue weighted by Gasteiger charge is 2.54. The maximum absolute atomic E-state index is 14.5. The van der Waals surface area contributed by atoms with Crippen molar-refractivity contribution >= 4 is 11.6 Å². The van der Waals surface area contributed by atoms with Gasteiger partial charge in [0.1, 0.15) is 0 Å². The number of aromatic nitrogens is 2. The Labute approximate surface area is 261 Å². The monoisotopic (exact) mass is 627 g/mol. The Kier molecular flexibility index (Phi) is 7.69. The number of amides is 1. The number of benzene rings is 2. The maximum atomic E-state index is 14.5. The van der Waals surface area contributed by atoms with E-state index in [9.17, 15) is 27.5 Å². The van der Waals surface area contributed by atoms with Crippen molar-refractivity contribution in [3.63, 3.8) is 0 Å². The molecule has 4 saturated carbocycles. The lowest BCUT2D eigenvalue weighted by atomic mass is 9.53. The van der Waals surface area contributed by atoms with Gasteiger partial charge < -0.3 is 14.5 Å². The minimum Gasteiger partial charge on any atom is -0.386 e. The third-order valence-electron chi connectivity index (χ3n) is 10.6. The molecule has 4 aliphatic rings. The van der Waals surface area contributed by atoms with E-state index >= 15 is 0 Å². The van der Waals surface area contributed by atoms with Gasteiger partial charge in [0.25, 0.3) is 5.89 Å². The molecular formula is C35H41F4N3O3. The van der Waals surface area contributed by atoms with Gasteiger partial charge >= 0.3 is 6.18 Å². The van der Waals surface area contributed by atoms with E-state index in [0.29, 0.717) is 18.1 Å². The van der Waals surface area contributed by atoms with Crippen LogP contribution in [-0.2, 0) is 21.5 Å². The van der Waals surface area contributed by atoms with E-state index in [1.165, 1.54) is 13.8 Å². The normalized spacial score (nSPS) is 26.9. The van der Waals surface area contributed by atoms with E-state index in [-0.39, 0.29) is 35.5 Å². The molecule has 2 bridgehead atoms.